The van der Waals surface area contributed by atoms with Gasteiger partial charge in [0.05, 0.1) is 39.0 Å². The number of nitrogen functional groups attached to an aromatic ring is 6. The van der Waals surface area contributed by atoms with Crippen molar-refractivity contribution < 1.29 is 18.9 Å². The zero-order valence-electron chi connectivity index (χ0n) is 54.4. The SMILES string of the molecule is CC(C)(C)n1c(N)nc2ccc(Cl)nc21.CCOCCn1c(N)nc2ccc(Cl)nc21.COCCn1c(N)nc2ccc(Cl)nc21.Cc1cc(Cl)nc2c1nc(N)n2C1CCC1.Cc1ccc2nc(N)n(C3CCCOC3)c2n1.Nc1nc2ccc(Cl)nc2n1C1CCOCC1. The maximum Gasteiger partial charge on any atom is 0.202 e. The van der Waals surface area contributed by atoms with E-state index < -0.39 is 0 Å². The molecule has 0 bridgehead atoms. The van der Waals surface area contributed by atoms with Crippen LogP contribution < -0.4 is 34.4 Å². The zero-order valence-corrected chi connectivity index (χ0v) is 58.2. The van der Waals surface area contributed by atoms with Gasteiger partial charge in [-0.2, -0.15) is 0 Å². The highest BCUT2D eigenvalue weighted by Gasteiger charge is 2.27. The number of anilines is 6. The fraction of sp³-hybridized carbons (Fsp3) is 0.429. The van der Waals surface area contributed by atoms with Crippen molar-refractivity contribution in [2.45, 2.75) is 123 Å². The van der Waals surface area contributed by atoms with Crippen LogP contribution in [0.5, 0.6) is 0 Å². The second kappa shape index (κ2) is 31.3. The minimum Gasteiger partial charge on any atom is -0.383 e. The van der Waals surface area contributed by atoms with Crippen LogP contribution in [0.1, 0.15) is 102 Å². The van der Waals surface area contributed by atoms with Gasteiger partial charge in [0, 0.05) is 56.9 Å². The molecule has 0 amide bonds. The van der Waals surface area contributed by atoms with Crippen molar-refractivity contribution in [1.29, 1.82) is 0 Å². The molecule has 0 aromatic carbocycles. The standard InChI is InChI=1S/C12H16N4O.C11H13ClN4O.C11H13ClN4.C10H13ClN4O.C10H13ClN4.C9H11ClN4O/c1-8-4-5-10-11(14-8)16(12(13)15-10)9-3-2-6-17-7-9;12-9-2-1-8-10(15-9)16(11(13)14-8)7-3-5-17-6-4-7;1-6-5-8(12)14-10-9(6)15-11(13)16(10)7-3-2-4-7;1-2-16-6-5-15-9-7(13-10(15)12)3-4-8(11)14-9;1-10(2,3)15-8-6(13-9(15)12)4-5-7(11)14-8;1-15-5-4-14-8-6(12-9(14)11)2-3-7(10)13-8/h4-5,9H,2-3,6-7H2,1H3,(H2,13,15);1-2,7H,3-6H2,(H2,13,14);5,7H,2-4H2,1H3,(H2,13,15);3-4H,2,5-6H2,1H3,(H2,12,13);4-5H,1-3H3,(H2,12,13);2-3H,4-5H2,1H3,(H2,11,12). The molecule has 3 aliphatic rings. The summed E-state index contributed by atoms with van der Waals surface area (Å²) in [5.74, 6) is 2.92. The van der Waals surface area contributed by atoms with Crippen molar-refractivity contribution >= 4 is 161 Å². The number of halogens is 5. The van der Waals surface area contributed by atoms with Crippen LogP contribution in [-0.2, 0) is 37.6 Å². The Hall–Kier alpha value is -8.19. The van der Waals surface area contributed by atoms with Crippen LogP contribution in [0.2, 0.25) is 25.8 Å². The fourth-order valence-electron chi connectivity index (χ4n) is 11.4. The molecule has 15 rings (SSSR count). The topological polar surface area (TPSA) is 377 Å². The van der Waals surface area contributed by atoms with E-state index in [0.717, 1.165) is 125 Å². The number of aromatic nitrogens is 18. The molecular weight excluding hydrogens is 1330 g/mol. The lowest BCUT2D eigenvalue weighted by atomic mass is 9.93. The molecule has 1 aliphatic carbocycles. The van der Waals surface area contributed by atoms with Crippen molar-refractivity contribution in [3.05, 3.63) is 104 Å². The number of nitrogens with zero attached hydrogens (tertiary/aromatic N) is 18. The maximum atomic E-state index is 5.99. The van der Waals surface area contributed by atoms with Gasteiger partial charge in [-0.1, -0.05) is 58.0 Å². The average molecular weight is 1410 g/mol. The minimum absolute atomic E-state index is 0.156. The lowest BCUT2D eigenvalue weighted by Crippen LogP contribution is -2.23. The Labute approximate surface area is 578 Å². The van der Waals surface area contributed by atoms with E-state index in [4.69, 9.17) is 111 Å². The first-order valence-electron chi connectivity index (χ1n) is 31.3. The molecule has 12 aromatic heterocycles. The van der Waals surface area contributed by atoms with Gasteiger partial charge in [0.25, 0.3) is 0 Å². The van der Waals surface area contributed by atoms with Gasteiger partial charge in [-0.15, -0.1) is 0 Å². The molecular formula is C63H79Cl5N24O4. The van der Waals surface area contributed by atoms with Crippen LogP contribution in [0.4, 0.5) is 35.7 Å². The number of rotatable bonds is 10. The average Bonchev–Trinajstić information content (AvgIpc) is 2.08. The van der Waals surface area contributed by atoms with Crippen LogP contribution in [0.15, 0.2) is 66.7 Å². The number of nitrogens with two attached hydrogens (primary N) is 6. The summed E-state index contributed by atoms with van der Waals surface area (Å²) in [4.78, 5) is 51.5. The number of ether oxygens (including phenoxy) is 4. The Balaban J connectivity index is 0.000000125. The summed E-state index contributed by atoms with van der Waals surface area (Å²) >= 11 is 29.4. The largest absolute Gasteiger partial charge is 0.383 e. The molecule has 2 saturated heterocycles. The van der Waals surface area contributed by atoms with Gasteiger partial charge >= 0.3 is 0 Å². The van der Waals surface area contributed by atoms with Crippen molar-refractivity contribution in [2.75, 3.05) is 87.8 Å². The van der Waals surface area contributed by atoms with Crippen LogP contribution >= 0.6 is 58.0 Å². The number of hydrogen-bond donors (Lipinski definition) is 6. The fourth-order valence-corrected chi connectivity index (χ4v) is 12.2. The van der Waals surface area contributed by atoms with Gasteiger partial charge < -0.3 is 53.3 Å². The van der Waals surface area contributed by atoms with E-state index in [1.807, 2.05) is 90.1 Å². The van der Waals surface area contributed by atoms with Crippen molar-refractivity contribution in [2.24, 2.45) is 0 Å². The number of fused-ring (bicyclic) bond motifs is 6. The molecule has 28 nitrogen and oxygen atoms in total. The predicted molar refractivity (Wildman–Crippen MR) is 381 cm³/mol. The summed E-state index contributed by atoms with van der Waals surface area (Å²) in [7, 11) is 1.63. The lowest BCUT2D eigenvalue weighted by molar-refractivity contribution is 0.0610. The molecule has 1 atom stereocenters. The van der Waals surface area contributed by atoms with Crippen molar-refractivity contribution in [1.82, 2.24) is 87.2 Å². The Morgan fingerprint density at radius 1 is 0.458 bits per heavy atom. The number of imidazole rings is 6. The Morgan fingerprint density at radius 3 is 1.42 bits per heavy atom. The highest BCUT2D eigenvalue weighted by molar-refractivity contribution is 6.31. The van der Waals surface area contributed by atoms with Gasteiger partial charge in [0.2, 0.25) is 35.7 Å². The van der Waals surface area contributed by atoms with E-state index in [-0.39, 0.29) is 11.6 Å². The molecule has 12 N–H and O–H groups in total. The number of aryl methyl sites for hydroxylation is 2. The Morgan fingerprint density at radius 2 is 0.896 bits per heavy atom. The van der Waals surface area contributed by atoms with Crippen LogP contribution in [-0.4, -0.2) is 141 Å². The molecule has 2 aliphatic heterocycles. The van der Waals surface area contributed by atoms with E-state index in [1.165, 1.54) is 6.42 Å². The molecule has 0 radical (unpaired) electrons. The van der Waals surface area contributed by atoms with Crippen molar-refractivity contribution in [3.63, 3.8) is 0 Å². The molecule has 96 heavy (non-hydrogen) atoms. The summed E-state index contributed by atoms with van der Waals surface area (Å²) in [6.45, 7) is 18.2. The highest BCUT2D eigenvalue weighted by Crippen LogP contribution is 2.37. The van der Waals surface area contributed by atoms with Crippen molar-refractivity contribution in [3.8, 4) is 0 Å². The van der Waals surface area contributed by atoms with Gasteiger partial charge in [-0.3, -0.25) is 27.4 Å². The third-order valence-corrected chi connectivity index (χ3v) is 17.1. The van der Waals surface area contributed by atoms with Crippen LogP contribution in [0.3, 0.4) is 0 Å². The van der Waals surface area contributed by atoms with Gasteiger partial charge in [-0.25, -0.2) is 59.8 Å². The summed E-state index contributed by atoms with van der Waals surface area (Å²) < 4.78 is 32.6. The van der Waals surface area contributed by atoms with E-state index >= 15 is 0 Å². The highest BCUT2D eigenvalue weighted by atomic mass is 35.5. The molecule has 0 spiro atoms. The first kappa shape index (κ1) is 70.6. The van der Waals surface area contributed by atoms with Crippen LogP contribution in [0.25, 0.3) is 67.0 Å². The zero-order chi connectivity index (χ0) is 68.5. The number of methoxy groups -OCH3 is 1. The third kappa shape index (κ3) is 16.4. The molecule has 510 valence electrons. The van der Waals surface area contributed by atoms with Gasteiger partial charge in [-0.05, 0) is 159 Å². The molecule has 3 fully saturated rings. The Bertz CT molecular complexity index is 4540. The summed E-state index contributed by atoms with van der Waals surface area (Å²) in [5.41, 5.74) is 46.5. The Kier molecular flexibility index (Phi) is 23.1. The van der Waals surface area contributed by atoms with E-state index in [0.29, 0.717) is 124 Å². The van der Waals surface area contributed by atoms with E-state index in [9.17, 15) is 0 Å². The summed E-state index contributed by atoms with van der Waals surface area (Å²) in [5, 5.41) is 2.29. The summed E-state index contributed by atoms with van der Waals surface area (Å²) in [6, 6.07) is 20.9. The number of hydrogen-bond acceptors (Lipinski definition) is 22. The minimum atomic E-state index is -0.156. The van der Waals surface area contributed by atoms with E-state index in [2.05, 4.69) is 59.8 Å². The summed E-state index contributed by atoms with van der Waals surface area (Å²) in [6.07, 6.45) is 7.57. The third-order valence-electron chi connectivity index (χ3n) is 16.1. The molecule has 1 saturated carbocycles. The molecule has 12 aromatic rings. The maximum absolute atomic E-state index is 5.99. The molecule has 33 heteroatoms. The molecule has 14 heterocycles. The monoisotopic (exact) mass is 1410 g/mol. The van der Waals surface area contributed by atoms with Gasteiger partial charge in [0.1, 0.15) is 58.9 Å². The quantitative estimate of drug-likeness (QED) is 0.0547. The normalized spacial score (nSPS) is 15.1. The predicted octanol–water partition coefficient (Wildman–Crippen LogP) is 11.8. The lowest BCUT2D eigenvalue weighted by Gasteiger charge is -2.27. The first-order chi connectivity index (χ1) is 46.0. The van der Waals surface area contributed by atoms with Gasteiger partial charge in [0.15, 0.2) is 33.9 Å². The number of pyridine rings is 6. The second-order valence-electron chi connectivity index (χ2n) is 23.9. The van der Waals surface area contributed by atoms with E-state index in [1.54, 1.807) is 52.6 Å². The molecule has 1 unspecified atom stereocenters. The second-order valence-corrected chi connectivity index (χ2v) is 25.8. The first-order valence-corrected chi connectivity index (χ1v) is 33.2. The van der Waals surface area contributed by atoms with Crippen LogP contribution in [0, 0.1) is 13.8 Å². The smallest absolute Gasteiger partial charge is 0.202 e.